The van der Waals surface area contributed by atoms with E-state index in [2.05, 4.69) is 20.6 Å². The van der Waals surface area contributed by atoms with E-state index in [4.69, 9.17) is 11.6 Å². The second-order valence-corrected chi connectivity index (χ2v) is 6.52. The summed E-state index contributed by atoms with van der Waals surface area (Å²) in [6.07, 6.45) is 4.70. The Morgan fingerprint density at radius 1 is 1.31 bits per heavy atom. The van der Waals surface area contributed by atoms with Gasteiger partial charge in [-0.2, -0.15) is 0 Å². The fourth-order valence-corrected chi connectivity index (χ4v) is 3.49. The highest BCUT2D eigenvalue weighted by molar-refractivity contribution is 6.31. The molecular weight excluding hydrogens is 358 g/mol. The van der Waals surface area contributed by atoms with Gasteiger partial charge in [0.25, 0.3) is 11.8 Å². The molecule has 0 spiro atoms. The number of hydrogen-bond donors (Lipinski definition) is 2. The van der Waals surface area contributed by atoms with Crippen molar-refractivity contribution in [2.45, 2.75) is 18.5 Å². The Balaban J connectivity index is 1.60. The number of rotatable bonds is 2. The van der Waals surface area contributed by atoms with E-state index in [0.29, 0.717) is 29.2 Å². The first-order valence-corrected chi connectivity index (χ1v) is 8.40. The molecule has 0 unspecified atom stereocenters. The number of halogens is 1. The van der Waals surface area contributed by atoms with E-state index in [1.165, 1.54) is 23.5 Å². The van der Waals surface area contributed by atoms with Gasteiger partial charge < -0.3 is 15.5 Å². The third-order valence-corrected chi connectivity index (χ3v) is 4.74. The predicted octanol–water partition coefficient (Wildman–Crippen LogP) is 1.10. The molecule has 2 aliphatic heterocycles. The zero-order valence-electron chi connectivity index (χ0n) is 13.5. The van der Waals surface area contributed by atoms with Gasteiger partial charge in [-0.3, -0.25) is 19.4 Å². The lowest BCUT2D eigenvalue weighted by Gasteiger charge is -2.24. The van der Waals surface area contributed by atoms with Crippen LogP contribution in [0.25, 0.3) is 0 Å². The number of benzene rings is 1. The number of nitrogens with zero attached hydrogens (tertiary/aromatic N) is 3. The minimum Gasteiger partial charge on any atom is -0.345 e. The molecule has 0 aliphatic carbocycles. The Morgan fingerprint density at radius 2 is 2.15 bits per heavy atom. The lowest BCUT2D eigenvalue weighted by atomic mass is 10.1. The van der Waals surface area contributed by atoms with Crippen LogP contribution in [0.5, 0.6) is 0 Å². The SMILES string of the molecule is O=C(N[C@H]1CCN2C(=O)c3ccc(Cl)cc3NC(=O)[C@@H]12)c1cnccn1. The quantitative estimate of drug-likeness (QED) is 0.822. The minimum absolute atomic E-state index is 0.154. The number of fused-ring (bicyclic) bond motifs is 2. The van der Waals surface area contributed by atoms with Gasteiger partial charge in [0.1, 0.15) is 11.7 Å². The minimum atomic E-state index is -0.797. The van der Waals surface area contributed by atoms with Crippen molar-refractivity contribution in [2.24, 2.45) is 0 Å². The summed E-state index contributed by atoms with van der Waals surface area (Å²) in [4.78, 5) is 47.2. The Labute approximate surface area is 153 Å². The maximum absolute atomic E-state index is 12.8. The normalized spacial score (nSPS) is 21.5. The largest absolute Gasteiger partial charge is 0.345 e. The molecular formula is C17H14ClN5O3. The number of carbonyl (C=O) groups excluding carboxylic acids is 3. The molecule has 1 fully saturated rings. The van der Waals surface area contributed by atoms with Crippen LogP contribution in [0, 0.1) is 0 Å². The number of aromatic nitrogens is 2. The first-order valence-electron chi connectivity index (χ1n) is 8.03. The molecule has 1 aromatic carbocycles. The zero-order valence-corrected chi connectivity index (χ0v) is 14.2. The fourth-order valence-electron chi connectivity index (χ4n) is 3.32. The van der Waals surface area contributed by atoms with Crippen molar-refractivity contribution < 1.29 is 14.4 Å². The van der Waals surface area contributed by atoms with Gasteiger partial charge in [0, 0.05) is 24.0 Å². The average molecular weight is 372 g/mol. The summed E-state index contributed by atoms with van der Waals surface area (Å²) >= 11 is 5.97. The molecule has 26 heavy (non-hydrogen) atoms. The maximum Gasteiger partial charge on any atom is 0.271 e. The van der Waals surface area contributed by atoms with Crippen LogP contribution in [0.4, 0.5) is 5.69 Å². The van der Waals surface area contributed by atoms with E-state index in [1.54, 1.807) is 18.2 Å². The van der Waals surface area contributed by atoms with Crippen molar-refractivity contribution in [3.8, 4) is 0 Å². The molecule has 8 nitrogen and oxygen atoms in total. The van der Waals surface area contributed by atoms with Gasteiger partial charge in [0.15, 0.2) is 0 Å². The van der Waals surface area contributed by atoms with E-state index in [0.717, 1.165) is 0 Å². The molecule has 0 saturated carbocycles. The van der Waals surface area contributed by atoms with Crippen LogP contribution in [-0.4, -0.2) is 51.2 Å². The first-order chi connectivity index (χ1) is 12.5. The van der Waals surface area contributed by atoms with E-state index in [9.17, 15) is 14.4 Å². The molecule has 4 rings (SSSR count). The lowest BCUT2D eigenvalue weighted by Crippen LogP contribution is -2.51. The van der Waals surface area contributed by atoms with Crippen molar-refractivity contribution in [1.82, 2.24) is 20.2 Å². The number of anilines is 1. The Kier molecular flexibility index (Phi) is 4.04. The highest BCUT2D eigenvalue weighted by Gasteiger charge is 2.45. The van der Waals surface area contributed by atoms with E-state index in [1.807, 2.05) is 0 Å². The van der Waals surface area contributed by atoms with Crippen molar-refractivity contribution in [3.05, 3.63) is 53.1 Å². The van der Waals surface area contributed by atoms with Gasteiger partial charge in [0.2, 0.25) is 5.91 Å². The van der Waals surface area contributed by atoms with Crippen molar-refractivity contribution >= 4 is 35.0 Å². The second-order valence-electron chi connectivity index (χ2n) is 6.08. The molecule has 1 saturated heterocycles. The summed E-state index contributed by atoms with van der Waals surface area (Å²) in [6.45, 7) is 0.365. The number of hydrogen-bond acceptors (Lipinski definition) is 5. The molecule has 0 bridgehead atoms. The van der Waals surface area contributed by atoms with Gasteiger partial charge in [-0.15, -0.1) is 0 Å². The van der Waals surface area contributed by atoms with E-state index in [-0.39, 0.29) is 17.5 Å². The van der Waals surface area contributed by atoms with Crippen LogP contribution in [0.15, 0.2) is 36.8 Å². The molecule has 1 aromatic heterocycles. The van der Waals surface area contributed by atoms with Crippen LogP contribution in [-0.2, 0) is 4.79 Å². The van der Waals surface area contributed by atoms with Crippen molar-refractivity contribution in [3.63, 3.8) is 0 Å². The number of amides is 3. The number of nitrogens with one attached hydrogen (secondary N) is 2. The van der Waals surface area contributed by atoms with E-state index >= 15 is 0 Å². The summed E-state index contributed by atoms with van der Waals surface area (Å²) in [6, 6.07) is 3.43. The topological polar surface area (TPSA) is 104 Å². The maximum atomic E-state index is 12.8. The summed E-state index contributed by atoms with van der Waals surface area (Å²) in [7, 11) is 0. The van der Waals surface area contributed by atoms with Crippen LogP contribution < -0.4 is 10.6 Å². The predicted molar refractivity (Wildman–Crippen MR) is 92.8 cm³/mol. The Morgan fingerprint density at radius 3 is 2.92 bits per heavy atom. The number of carbonyl (C=O) groups is 3. The second kappa shape index (κ2) is 6.38. The van der Waals surface area contributed by atoms with Gasteiger partial charge in [-0.25, -0.2) is 4.98 Å². The molecule has 132 valence electrons. The Bertz CT molecular complexity index is 905. The standard InChI is InChI=1S/C17H14ClN5O3/c18-9-1-2-10-12(7-9)22-16(25)14-11(3-6-23(14)17(10)26)21-15(24)13-8-19-4-5-20-13/h1-2,4-5,7-8,11,14H,3,6H2,(H,21,24)(H,22,25)/t11-,14+/m0/s1. The zero-order chi connectivity index (χ0) is 18.3. The van der Waals surface area contributed by atoms with Crippen LogP contribution in [0.2, 0.25) is 5.02 Å². The van der Waals surface area contributed by atoms with Gasteiger partial charge in [0.05, 0.1) is 23.5 Å². The van der Waals surface area contributed by atoms with E-state index < -0.39 is 18.0 Å². The molecule has 2 aliphatic rings. The summed E-state index contributed by atoms with van der Waals surface area (Å²) in [5, 5.41) is 5.95. The smallest absolute Gasteiger partial charge is 0.271 e. The highest BCUT2D eigenvalue weighted by atomic mass is 35.5. The highest BCUT2D eigenvalue weighted by Crippen LogP contribution is 2.30. The van der Waals surface area contributed by atoms with Crippen LogP contribution in [0.3, 0.4) is 0 Å². The van der Waals surface area contributed by atoms with Gasteiger partial charge in [-0.1, -0.05) is 11.6 Å². The van der Waals surface area contributed by atoms with Crippen molar-refractivity contribution in [1.29, 1.82) is 0 Å². The molecule has 9 heteroatoms. The Hall–Kier alpha value is -3.00. The van der Waals surface area contributed by atoms with Crippen molar-refractivity contribution in [2.75, 3.05) is 11.9 Å². The molecule has 3 amide bonds. The first kappa shape index (κ1) is 16.5. The lowest BCUT2D eigenvalue weighted by molar-refractivity contribution is -0.120. The monoisotopic (exact) mass is 371 g/mol. The molecule has 0 radical (unpaired) electrons. The molecule has 2 aromatic rings. The molecule has 3 heterocycles. The average Bonchev–Trinajstić information content (AvgIpc) is 3.01. The summed E-state index contributed by atoms with van der Waals surface area (Å²) in [5.74, 6) is -1.06. The van der Waals surface area contributed by atoms with Crippen LogP contribution >= 0.6 is 11.6 Å². The summed E-state index contributed by atoms with van der Waals surface area (Å²) < 4.78 is 0. The third-order valence-electron chi connectivity index (χ3n) is 4.51. The van der Waals surface area contributed by atoms with Crippen LogP contribution in [0.1, 0.15) is 27.3 Å². The third kappa shape index (κ3) is 2.78. The summed E-state index contributed by atoms with van der Waals surface area (Å²) in [5.41, 5.74) is 0.911. The molecule has 2 atom stereocenters. The van der Waals surface area contributed by atoms with Gasteiger partial charge >= 0.3 is 0 Å². The fraction of sp³-hybridized carbons (Fsp3) is 0.235. The molecule has 2 N–H and O–H groups in total. The van der Waals surface area contributed by atoms with Gasteiger partial charge in [-0.05, 0) is 24.6 Å².